The van der Waals surface area contributed by atoms with Crippen LogP contribution in [0.1, 0.15) is 37.0 Å². The van der Waals surface area contributed by atoms with Crippen LogP contribution in [0.25, 0.3) is 0 Å². The molecule has 1 aromatic rings. The van der Waals surface area contributed by atoms with E-state index in [1.54, 1.807) is 0 Å². The van der Waals surface area contributed by atoms with Crippen molar-refractivity contribution in [1.29, 1.82) is 0 Å². The van der Waals surface area contributed by atoms with Gasteiger partial charge in [-0.15, -0.1) is 0 Å². The standard InChI is InChI=1S/C15H22N2O5S2/c1-3-11(2)16-15(18)12-5-4-6-14(9-12)24(21,22)17-13-7-8-23(19,20)10-13/h4-6,9,11,13,17H,3,7-8,10H2,1-2H3,(H,16,18)/t11-,13+/m0/s1. The first-order chi connectivity index (χ1) is 11.1. The first-order valence-corrected chi connectivity index (χ1v) is 11.1. The maximum Gasteiger partial charge on any atom is 0.251 e. The number of rotatable bonds is 6. The van der Waals surface area contributed by atoms with Crippen LogP contribution in [0.4, 0.5) is 0 Å². The number of carbonyl (C=O) groups excluding carboxylic acids is 1. The Morgan fingerprint density at radius 1 is 1.38 bits per heavy atom. The predicted molar refractivity (Wildman–Crippen MR) is 91.0 cm³/mol. The van der Waals surface area contributed by atoms with Gasteiger partial charge in [0.1, 0.15) is 0 Å². The lowest BCUT2D eigenvalue weighted by molar-refractivity contribution is 0.0939. The van der Waals surface area contributed by atoms with Crippen molar-refractivity contribution in [2.45, 2.75) is 43.7 Å². The van der Waals surface area contributed by atoms with Gasteiger partial charge in [0.05, 0.1) is 16.4 Å². The summed E-state index contributed by atoms with van der Waals surface area (Å²) in [6.45, 7) is 3.80. The molecule has 2 atom stereocenters. The second-order valence-electron chi connectivity index (χ2n) is 6.03. The Hall–Kier alpha value is -1.45. The zero-order valence-electron chi connectivity index (χ0n) is 13.7. The van der Waals surface area contributed by atoms with E-state index in [1.807, 2.05) is 13.8 Å². The van der Waals surface area contributed by atoms with Crippen LogP contribution in [0.5, 0.6) is 0 Å². The minimum absolute atomic E-state index is 0.0143. The number of benzene rings is 1. The number of amides is 1. The summed E-state index contributed by atoms with van der Waals surface area (Å²) in [6.07, 6.45) is 1.02. The monoisotopic (exact) mass is 374 g/mol. The Bertz CT molecular complexity index is 818. The molecule has 0 spiro atoms. The molecule has 1 fully saturated rings. The summed E-state index contributed by atoms with van der Waals surface area (Å²) < 4.78 is 50.1. The summed E-state index contributed by atoms with van der Waals surface area (Å²) >= 11 is 0. The molecule has 0 unspecified atom stereocenters. The molecule has 0 aliphatic carbocycles. The third-order valence-corrected chi connectivity index (χ3v) is 7.24. The van der Waals surface area contributed by atoms with Crippen LogP contribution in [-0.2, 0) is 19.9 Å². The average molecular weight is 374 g/mol. The molecule has 0 bridgehead atoms. The van der Waals surface area contributed by atoms with Crippen LogP contribution >= 0.6 is 0 Å². The van der Waals surface area contributed by atoms with Crippen LogP contribution in [-0.4, -0.2) is 46.3 Å². The Morgan fingerprint density at radius 3 is 2.67 bits per heavy atom. The van der Waals surface area contributed by atoms with Crippen LogP contribution in [0.3, 0.4) is 0 Å². The Balaban J connectivity index is 2.16. The van der Waals surface area contributed by atoms with Crippen LogP contribution < -0.4 is 10.0 Å². The highest BCUT2D eigenvalue weighted by molar-refractivity contribution is 7.92. The van der Waals surface area contributed by atoms with Crippen molar-refractivity contribution in [3.05, 3.63) is 29.8 Å². The molecular weight excluding hydrogens is 352 g/mol. The van der Waals surface area contributed by atoms with E-state index in [4.69, 9.17) is 0 Å². The fourth-order valence-electron chi connectivity index (χ4n) is 2.39. The Kier molecular flexibility index (Phi) is 5.67. The highest BCUT2D eigenvalue weighted by atomic mass is 32.2. The summed E-state index contributed by atoms with van der Waals surface area (Å²) in [6, 6.07) is 5.06. The lowest BCUT2D eigenvalue weighted by atomic mass is 10.2. The summed E-state index contributed by atoms with van der Waals surface area (Å²) in [5.74, 6) is -0.553. The van der Waals surface area contributed by atoms with E-state index in [2.05, 4.69) is 10.0 Å². The predicted octanol–water partition coefficient (Wildman–Crippen LogP) is 0.680. The van der Waals surface area contributed by atoms with Gasteiger partial charge in [-0.3, -0.25) is 4.79 Å². The first-order valence-electron chi connectivity index (χ1n) is 7.76. The molecule has 0 saturated carbocycles. The van der Waals surface area contributed by atoms with Gasteiger partial charge in [0.25, 0.3) is 5.91 Å². The van der Waals surface area contributed by atoms with Gasteiger partial charge < -0.3 is 5.32 Å². The summed E-state index contributed by atoms with van der Waals surface area (Å²) in [5, 5.41) is 2.77. The molecule has 134 valence electrons. The first kappa shape index (κ1) is 18.9. The van der Waals surface area contributed by atoms with Gasteiger partial charge >= 0.3 is 0 Å². The third kappa shape index (κ3) is 4.78. The molecule has 0 aromatic heterocycles. The number of nitrogens with one attached hydrogen (secondary N) is 2. The molecule has 9 heteroatoms. The summed E-state index contributed by atoms with van der Waals surface area (Å²) in [7, 11) is -7.06. The zero-order chi connectivity index (χ0) is 18.0. The second kappa shape index (κ2) is 7.20. The molecule has 2 rings (SSSR count). The highest BCUT2D eigenvalue weighted by Gasteiger charge is 2.31. The smallest absolute Gasteiger partial charge is 0.251 e. The summed E-state index contributed by atoms with van der Waals surface area (Å²) in [5.41, 5.74) is 0.247. The van der Waals surface area contributed by atoms with E-state index in [0.29, 0.717) is 0 Å². The Labute approximate surface area is 142 Å². The van der Waals surface area contributed by atoms with Gasteiger partial charge in [0.15, 0.2) is 9.84 Å². The van der Waals surface area contributed by atoms with Gasteiger partial charge in [-0.1, -0.05) is 13.0 Å². The van der Waals surface area contributed by atoms with Crippen molar-refractivity contribution in [3.63, 3.8) is 0 Å². The third-order valence-electron chi connectivity index (χ3n) is 3.95. The number of hydrogen-bond acceptors (Lipinski definition) is 5. The van der Waals surface area contributed by atoms with E-state index >= 15 is 0 Å². The summed E-state index contributed by atoms with van der Waals surface area (Å²) in [4.78, 5) is 12.1. The van der Waals surface area contributed by atoms with Gasteiger partial charge in [0.2, 0.25) is 10.0 Å². The maximum absolute atomic E-state index is 12.4. The number of sulfone groups is 1. The second-order valence-corrected chi connectivity index (χ2v) is 9.97. The van der Waals surface area contributed by atoms with Gasteiger partial charge in [0, 0.05) is 17.6 Å². The van der Waals surface area contributed by atoms with Crippen molar-refractivity contribution in [2.24, 2.45) is 0 Å². The van der Waals surface area contributed by atoms with E-state index in [-0.39, 0.29) is 40.3 Å². The Morgan fingerprint density at radius 2 is 2.08 bits per heavy atom. The molecular formula is C15H22N2O5S2. The number of carbonyl (C=O) groups is 1. The van der Waals surface area contributed by atoms with E-state index in [0.717, 1.165) is 6.42 Å². The minimum Gasteiger partial charge on any atom is -0.350 e. The lowest BCUT2D eigenvalue weighted by Gasteiger charge is -2.14. The number of hydrogen-bond donors (Lipinski definition) is 2. The normalized spacial score (nSPS) is 21.3. The van der Waals surface area contributed by atoms with Gasteiger partial charge in [-0.05, 0) is 38.0 Å². The van der Waals surface area contributed by atoms with Crippen molar-refractivity contribution in [2.75, 3.05) is 11.5 Å². The van der Waals surface area contributed by atoms with E-state index < -0.39 is 25.9 Å². The van der Waals surface area contributed by atoms with Crippen molar-refractivity contribution in [1.82, 2.24) is 10.0 Å². The lowest BCUT2D eigenvalue weighted by Crippen LogP contribution is -2.36. The van der Waals surface area contributed by atoms with Crippen molar-refractivity contribution in [3.8, 4) is 0 Å². The quantitative estimate of drug-likeness (QED) is 0.761. The van der Waals surface area contributed by atoms with Crippen molar-refractivity contribution < 1.29 is 21.6 Å². The molecule has 1 amide bonds. The maximum atomic E-state index is 12.4. The molecule has 2 N–H and O–H groups in total. The van der Waals surface area contributed by atoms with Crippen LogP contribution in [0.15, 0.2) is 29.2 Å². The molecule has 24 heavy (non-hydrogen) atoms. The molecule has 0 radical (unpaired) electrons. The van der Waals surface area contributed by atoms with Gasteiger partial charge in [-0.25, -0.2) is 21.6 Å². The largest absolute Gasteiger partial charge is 0.350 e. The molecule has 1 aliphatic rings. The highest BCUT2D eigenvalue weighted by Crippen LogP contribution is 2.17. The fourth-order valence-corrected chi connectivity index (χ4v) is 5.48. The zero-order valence-corrected chi connectivity index (χ0v) is 15.3. The molecule has 1 aliphatic heterocycles. The van der Waals surface area contributed by atoms with Crippen LogP contribution in [0.2, 0.25) is 0 Å². The minimum atomic E-state index is -3.88. The van der Waals surface area contributed by atoms with E-state index in [9.17, 15) is 21.6 Å². The SMILES string of the molecule is CC[C@H](C)NC(=O)c1cccc(S(=O)(=O)N[C@@H]2CCS(=O)(=O)C2)c1. The topological polar surface area (TPSA) is 109 Å². The molecule has 1 heterocycles. The van der Waals surface area contributed by atoms with Crippen molar-refractivity contribution >= 4 is 25.8 Å². The molecule has 7 nitrogen and oxygen atoms in total. The van der Waals surface area contributed by atoms with E-state index in [1.165, 1.54) is 24.3 Å². The fraction of sp³-hybridized carbons (Fsp3) is 0.533. The van der Waals surface area contributed by atoms with Crippen LogP contribution in [0, 0.1) is 0 Å². The van der Waals surface area contributed by atoms with Gasteiger partial charge in [-0.2, -0.15) is 0 Å². The molecule has 1 aromatic carbocycles. The number of sulfonamides is 1. The average Bonchev–Trinajstić information content (AvgIpc) is 2.85. The molecule has 1 saturated heterocycles.